The average molecular weight is 653 g/mol. The summed E-state index contributed by atoms with van der Waals surface area (Å²) < 4.78 is 1.98. The summed E-state index contributed by atoms with van der Waals surface area (Å²) in [4.78, 5) is 46.9. The zero-order valence-corrected chi connectivity index (χ0v) is 28.9. The number of hydrogen-bond donors (Lipinski definition) is 1. The van der Waals surface area contributed by atoms with Gasteiger partial charge in [0.25, 0.3) is 5.91 Å². The van der Waals surface area contributed by atoms with Crippen LogP contribution in [0.1, 0.15) is 111 Å². The zero-order valence-electron chi connectivity index (χ0n) is 28.1. The third-order valence-corrected chi connectivity index (χ3v) is 11.1. The van der Waals surface area contributed by atoms with Crippen molar-refractivity contribution in [2.75, 3.05) is 32.7 Å². The molecule has 1 atom stereocenters. The molecule has 2 aromatic rings. The summed E-state index contributed by atoms with van der Waals surface area (Å²) in [6, 6.07) is 7.43. The Labute approximate surface area is 280 Å². The molecule has 46 heavy (non-hydrogen) atoms. The van der Waals surface area contributed by atoms with Crippen LogP contribution in [0.3, 0.4) is 0 Å². The lowest BCUT2D eigenvalue weighted by Crippen LogP contribution is -2.73. The van der Waals surface area contributed by atoms with E-state index in [0.29, 0.717) is 25.3 Å². The number of carbonyl (C=O) groups excluding carboxylic acids is 3. The topological polar surface area (TPSA) is 90.8 Å². The lowest BCUT2D eigenvalue weighted by atomic mass is 9.79. The van der Waals surface area contributed by atoms with Crippen molar-refractivity contribution >= 4 is 30.1 Å². The number of rotatable bonds is 9. The molecule has 252 valence electrons. The lowest BCUT2D eigenvalue weighted by molar-refractivity contribution is -0.162. The molecule has 4 fully saturated rings. The molecule has 1 N–H and O–H groups in total. The first-order valence-corrected chi connectivity index (χ1v) is 17.6. The highest BCUT2D eigenvalue weighted by molar-refractivity contribution is 6.00. The van der Waals surface area contributed by atoms with Crippen molar-refractivity contribution < 1.29 is 14.4 Å². The van der Waals surface area contributed by atoms with Crippen molar-refractivity contribution in [1.29, 1.82) is 0 Å². The van der Waals surface area contributed by atoms with Crippen molar-refractivity contribution in [3.63, 3.8) is 0 Å². The number of halogens is 1. The van der Waals surface area contributed by atoms with Crippen LogP contribution in [0.2, 0.25) is 0 Å². The number of nitrogens with zero attached hydrogens (tertiary/aromatic N) is 5. The smallest absolute Gasteiger partial charge is 0.253 e. The number of hydrogen-bond acceptors (Lipinski definition) is 5. The van der Waals surface area contributed by atoms with E-state index in [1.807, 2.05) is 38.7 Å². The minimum absolute atomic E-state index is 0. The number of likely N-dealkylation sites (tertiary alicyclic amines) is 2. The SMILES string of the molecule is CCCCN1C(=O)[C@H](CC2CCCCC2)NC(=O)C12CCN(Cc1c(C)nn(-c3ccc(C(=O)N4CCCC4)cc3)c1C)CC2.Cl. The molecule has 3 aliphatic heterocycles. The van der Waals surface area contributed by atoms with Crippen molar-refractivity contribution in [2.45, 2.75) is 116 Å². The van der Waals surface area contributed by atoms with E-state index in [9.17, 15) is 14.4 Å². The van der Waals surface area contributed by atoms with Crippen molar-refractivity contribution in [3.05, 3.63) is 46.8 Å². The molecule has 1 aliphatic carbocycles. The van der Waals surface area contributed by atoms with E-state index in [0.717, 1.165) is 87.5 Å². The largest absolute Gasteiger partial charge is 0.342 e. The van der Waals surface area contributed by atoms with Gasteiger partial charge in [-0.1, -0.05) is 45.4 Å². The molecular weight excluding hydrogens is 600 g/mol. The maximum absolute atomic E-state index is 13.9. The zero-order chi connectivity index (χ0) is 31.6. The molecule has 6 rings (SSSR count). The Morgan fingerprint density at radius 3 is 2.28 bits per heavy atom. The van der Waals surface area contributed by atoms with E-state index in [-0.39, 0.29) is 36.2 Å². The molecule has 1 saturated carbocycles. The quantitative estimate of drug-likeness (QED) is 0.382. The standard InChI is InChI=1S/C36H52N6O3.ClH/c1-4-5-21-41-34(44)32(24-28-11-7-6-8-12-28)37-35(45)36(41)17-22-39(23-18-36)25-31-26(2)38-42(27(31)3)30-15-13-29(14-16-30)33(43)40-19-9-10-20-40;/h13-16,28,32H,4-12,17-25H2,1-3H3,(H,37,45);1H/t32-;/m0./s1. The van der Waals surface area contributed by atoms with Gasteiger partial charge in [-0.3, -0.25) is 19.3 Å². The van der Waals surface area contributed by atoms with Gasteiger partial charge in [0.2, 0.25) is 11.8 Å². The molecule has 1 aromatic heterocycles. The van der Waals surface area contributed by atoms with Gasteiger partial charge in [-0.05, 0) is 82.6 Å². The normalized spacial score (nSPS) is 22.3. The molecule has 0 bridgehead atoms. The van der Waals surface area contributed by atoms with Crippen molar-refractivity contribution in [3.8, 4) is 5.69 Å². The predicted octanol–water partition coefficient (Wildman–Crippen LogP) is 5.58. The van der Waals surface area contributed by atoms with Gasteiger partial charge in [-0.2, -0.15) is 5.10 Å². The van der Waals surface area contributed by atoms with Gasteiger partial charge in [-0.25, -0.2) is 4.68 Å². The van der Waals surface area contributed by atoms with Gasteiger partial charge in [0.15, 0.2) is 0 Å². The van der Waals surface area contributed by atoms with Crippen LogP contribution >= 0.6 is 12.4 Å². The summed E-state index contributed by atoms with van der Waals surface area (Å²) >= 11 is 0. The van der Waals surface area contributed by atoms with Crippen LogP contribution < -0.4 is 5.32 Å². The number of nitrogens with one attached hydrogen (secondary N) is 1. The molecule has 3 amide bonds. The Kier molecular flexibility index (Phi) is 11.1. The Bertz CT molecular complexity index is 1370. The molecule has 10 heteroatoms. The number of aromatic nitrogens is 2. The van der Waals surface area contributed by atoms with Gasteiger partial charge in [0, 0.05) is 56.1 Å². The van der Waals surface area contributed by atoms with Crippen LogP contribution in [0.4, 0.5) is 0 Å². The average Bonchev–Trinajstić information content (AvgIpc) is 3.70. The third-order valence-electron chi connectivity index (χ3n) is 11.1. The van der Waals surface area contributed by atoms with Crippen LogP contribution in [0, 0.1) is 19.8 Å². The van der Waals surface area contributed by atoms with Crippen LogP contribution in [-0.4, -0.2) is 86.5 Å². The number of carbonyl (C=O) groups is 3. The second-order valence-electron chi connectivity index (χ2n) is 14.0. The van der Waals surface area contributed by atoms with Crippen molar-refractivity contribution in [1.82, 2.24) is 29.8 Å². The highest BCUT2D eigenvalue weighted by atomic mass is 35.5. The second-order valence-corrected chi connectivity index (χ2v) is 14.0. The Morgan fingerprint density at radius 2 is 1.63 bits per heavy atom. The molecule has 4 aliphatic rings. The molecule has 4 heterocycles. The predicted molar refractivity (Wildman–Crippen MR) is 182 cm³/mol. The summed E-state index contributed by atoms with van der Waals surface area (Å²) in [5, 5.41) is 8.11. The van der Waals surface area contributed by atoms with E-state index >= 15 is 0 Å². The highest BCUT2D eigenvalue weighted by Crippen LogP contribution is 2.36. The van der Waals surface area contributed by atoms with E-state index in [1.54, 1.807) is 0 Å². The van der Waals surface area contributed by atoms with E-state index < -0.39 is 5.54 Å². The summed E-state index contributed by atoms with van der Waals surface area (Å²) in [5.41, 5.74) is 4.21. The van der Waals surface area contributed by atoms with Crippen molar-refractivity contribution in [2.24, 2.45) is 5.92 Å². The Morgan fingerprint density at radius 1 is 0.957 bits per heavy atom. The molecule has 9 nitrogen and oxygen atoms in total. The number of amides is 3. The van der Waals surface area contributed by atoms with E-state index in [4.69, 9.17) is 5.10 Å². The summed E-state index contributed by atoms with van der Waals surface area (Å²) in [5.74, 6) is 0.852. The van der Waals surface area contributed by atoms with Gasteiger partial charge in [0.05, 0.1) is 11.4 Å². The fourth-order valence-corrected chi connectivity index (χ4v) is 8.24. The summed E-state index contributed by atoms with van der Waals surface area (Å²) in [6.45, 7) is 10.9. The molecule has 1 aromatic carbocycles. The number of benzene rings is 1. The van der Waals surface area contributed by atoms with Crippen LogP contribution in [0.25, 0.3) is 5.69 Å². The van der Waals surface area contributed by atoms with Crippen LogP contribution in [-0.2, 0) is 16.1 Å². The Hall–Kier alpha value is -2.91. The first-order valence-electron chi connectivity index (χ1n) is 17.6. The molecule has 1 spiro atoms. The minimum Gasteiger partial charge on any atom is -0.342 e. The fourth-order valence-electron chi connectivity index (χ4n) is 8.24. The maximum atomic E-state index is 13.9. The molecule has 3 saturated heterocycles. The van der Waals surface area contributed by atoms with E-state index in [1.165, 1.54) is 37.7 Å². The molecule has 0 radical (unpaired) electrons. The van der Waals surface area contributed by atoms with Gasteiger partial charge in [0.1, 0.15) is 11.6 Å². The summed E-state index contributed by atoms with van der Waals surface area (Å²) in [6.07, 6.45) is 12.3. The van der Waals surface area contributed by atoms with Crippen LogP contribution in [0.15, 0.2) is 24.3 Å². The lowest BCUT2D eigenvalue weighted by Gasteiger charge is -2.52. The fraction of sp³-hybridized carbons (Fsp3) is 0.667. The van der Waals surface area contributed by atoms with Crippen LogP contribution in [0.5, 0.6) is 0 Å². The minimum atomic E-state index is -0.742. The highest BCUT2D eigenvalue weighted by Gasteiger charge is 2.53. The van der Waals surface area contributed by atoms with Gasteiger partial charge >= 0.3 is 0 Å². The van der Waals surface area contributed by atoms with E-state index in [2.05, 4.69) is 31.0 Å². The Balaban J connectivity index is 0.00000417. The first kappa shape index (κ1) is 34.4. The first-order chi connectivity index (χ1) is 21.8. The molecule has 0 unspecified atom stereocenters. The third kappa shape index (κ3) is 6.86. The second kappa shape index (κ2) is 14.9. The van der Waals surface area contributed by atoms with Gasteiger partial charge in [-0.15, -0.1) is 12.4 Å². The molecular formula is C36H53ClN6O3. The number of piperidine rings is 1. The number of unbranched alkanes of at least 4 members (excludes halogenated alkanes) is 1. The number of aryl methyl sites for hydroxylation is 1. The monoisotopic (exact) mass is 652 g/mol. The summed E-state index contributed by atoms with van der Waals surface area (Å²) in [7, 11) is 0. The van der Waals surface area contributed by atoms with Gasteiger partial charge < -0.3 is 15.1 Å². The maximum Gasteiger partial charge on any atom is 0.253 e. The number of piperazine rings is 1.